The van der Waals surface area contributed by atoms with Crippen LogP contribution in [0.15, 0.2) is 12.1 Å². The number of nitrogens with two attached hydrogens (primary N) is 1. The number of hydrogen-bond acceptors (Lipinski definition) is 5. The van der Waals surface area contributed by atoms with Gasteiger partial charge < -0.3 is 25.4 Å². The largest absolute Gasteiger partial charge is 0.502 e. The van der Waals surface area contributed by atoms with E-state index in [1.165, 1.54) is 14.2 Å². The van der Waals surface area contributed by atoms with E-state index in [1.807, 2.05) is 6.92 Å². The summed E-state index contributed by atoms with van der Waals surface area (Å²) in [6, 6.07) is 2.66. The summed E-state index contributed by atoms with van der Waals surface area (Å²) in [6.07, 6.45) is -0.0962. The number of ether oxygens (including phenoxy) is 2. The van der Waals surface area contributed by atoms with E-state index in [1.54, 1.807) is 12.1 Å². The van der Waals surface area contributed by atoms with Gasteiger partial charge in [0.15, 0.2) is 11.5 Å². The minimum Gasteiger partial charge on any atom is -0.502 e. The molecule has 0 spiro atoms. The monoisotopic (exact) mass is 241 g/mol. The highest BCUT2D eigenvalue weighted by atomic mass is 16.5. The van der Waals surface area contributed by atoms with Crippen molar-refractivity contribution in [1.29, 1.82) is 0 Å². The number of aromatic hydroxyl groups is 1. The lowest BCUT2D eigenvalue weighted by atomic mass is 10.00. The van der Waals surface area contributed by atoms with Gasteiger partial charge in [0.1, 0.15) is 0 Å². The Morgan fingerprint density at radius 1 is 1.24 bits per heavy atom. The number of hydrogen-bond donors (Lipinski definition) is 3. The first-order valence-electron chi connectivity index (χ1n) is 5.43. The summed E-state index contributed by atoms with van der Waals surface area (Å²) in [4.78, 5) is 0. The fourth-order valence-electron chi connectivity index (χ4n) is 1.58. The highest BCUT2D eigenvalue weighted by Crippen LogP contribution is 2.38. The molecule has 1 aromatic rings. The van der Waals surface area contributed by atoms with Crippen molar-refractivity contribution in [1.82, 2.24) is 0 Å². The van der Waals surface area contributed by atoms with E-state index in [0.717, 1.165) is 0 Å². The number of aliphatic hydroxyl groups excluding tert-OH is 1. The molecule has 1 aromatic carbocycles. The predicted molar refractivity (Wildman–Crippen MR) is 64.4 cm³/mol. The Bertz CT molecular complexity index is 356. The molecule has 0 aliphatic carbocycles. The van der Waals surface area contributed by atoms with Gasteiger partial charge in [0.2, 0.25) is 5.75 Å². The number of methoxy groups -OCH3 is 2. The number of benzene rings is 1. The Morgan fingerprint density at radius 3 is 2.06 bits per heavy atom. The van der Waals surface area contributed by atoms with Crippen molar-refractivity contribution < 1.29 is 19.7 Å². The first-order chi connectivity index (χ1) is 8.04. The van der Waals surface area contributed by atoms with Crippen LogP contribution in [-0.2, 0) is 0 Å². The normalized spacial score (nSPS) is 14.2. The summed E-state index contributed by atoms with van der Waals surface area (Å²) in [5, 5.41) is 19.4. The van der Waals surface area contributed by atoms with Crippen LogP contribution in [0.1, 0.15) is 24.9 Å². The summed E-state index contributed by atoms with van der Waals surface area (Å²) >= 11 is 0. The maximum absolute atomic E-state index is 9.74. The minimum atomic E-state index is -0.644. The Morgan fingerprint density at radius 2 is 1.71 bits per heavy atom. The molecule has 5 nitrogen and oxygen atoms in total. The standard InChI is InChI=1S/C12H19NO4/c1-4-8(14)11(13)7-5-9(16-2)12(15)10(6-7)17-3/h5-6,8,11,14-15H,4,13H2,1-3H3/t8-,11+/m1/s1. The lowest BCUT2D eigenvalue weighted by molar-refractivity contribution is 0.140. The first-order valence-corrected chi connectivity index (χ1v) is 5.43. The van der Waals surface area contributed by atoms with Crippen LogP contribution in [0.5, 0.6) is 17.2 Å². The molecule has 0 radical (unpaired) electrons. The molecule has 0 bridgehead atoms. The molecule has 0 heterocycles. The molecule has 0 aromatic heterocycles. The van der Waals surface area contributed by atoms with Crippen molar-refractivity contribution in [2.24, 2.45) is 5.73 Å². The quantitative estimate of drug-likeness (QED) is 0.720. The lowest BCUT2D eigenvalue weighted by Gasteiger charge is -2.19. The molecule has 0 unspecified atom stereocenters. The van der Waals surface area contributed by atoms with Gasteiger partial charge in [0.05, 0.1) is 26.4 Å². The molecule has 0 saturated heterocycles. The Kier molecular flexibility index (Phi) is 4.60. The molecule has 0 saturated carbocycles. The van der Waals surface area contributed by atoms with Gasteiger partial charge >= 0.3 is 0 Å². The van der Waals surface area contributed by atoms with Gasteiger partial charge in [-0.25, -0.2) is 0 Å². The highest BCUT2D eigenvalue weighted by molar-refractivity contribution is 5.53. The summed E-state index contributed by atoms with van der Waals surface area (Å²) in [5.41, 5.74) is 6.56. The fraction of sp³-hybridized carbons (Fsp3) is 0.500. The minimum absolute atomic E-state index is 0.0723. The summed E-state index contributed by atoms with van der Waals surface area (Å²) < 4.78 is 10.0. The maximum Gasteiger partial charge on any atom is 0.200 e. The zero-order valence-electron chi connectivity index (χ0n) is 10.3. The molecule has 0 aliphatic rings. The van der Waals surface area contributed by atoms with Crippen LogP contribution in [0.3, 0.4) is 0 Å². The van der Waals surface area contributed by atoms with E-state index >= 15 is 0 Å². The molecule has 96 valence electrons. The predicted octanol–water partition coefficient (Wildman–Crippen LogP) is 1.18. The SMILES string of the molecule is CC[C@@H](O)[C@@H](N)c1cc(OC)c(O)c(OC)c1. The van der Waals surface area contributed by atoms with E-state index in [0.29, 0.717) is 12.0 Å². The van der Waals surface area contributed by atoms with Crippen molar-refractivity contribution >= 4 is 0 Å². The molecule has 0 amide bonds. The second-order valence-corrected chi connectivity index (χ2v) is 3.78. The second kappa shape index (κ2) is 5.75. The molecule has 1 rings (SSSR count). The summed E-state index contributed by atoms with van der Waals surface area (Å²) in [6.45, 7) is 1.85. The van der Waals surface area contributed by atoms with Crippen molar-refractivity contribution in [3.05, 3.63) is 17.7 Å². The van der Waals surface area contributed by atoms with Crippen LogP contribution in [0.25, 0.3) is 0 Å². The van der Waals surface area contributed by atoms with Crippen LogP contribution in [0, 0.1) is 0 Å². The van der Waals surface area contributed by atoms with Crippen LogP contribution in [-0.4, -0.2) is 30.5 Å². The molecular formula is C12H19NO4. The van der Waals surface area contributed by atoms with E-state index < -0.39 is 12.1 Å². The number of rotatable bonds is 5. The smallest absolute Gasteiger partial charge is 0.200 e. The molecule has 2 atom stereocenters. The van der Waals surface area contributed by atoms with Gasteiger partial charge in [0.25, 0.3) is 0 Å². The first kappa shape index (κ1) is 13.6. The topological polar surface area (TPSA) is 84.9 Å². The molecule has 0 aliphatic heterocycles. The van der Waals surface area contributed by atoms with Gasteiger partial charge in [-0.05, 0) is 24.1 Å². The van der Waals surface area contributed by atoms with E-state index in [-0.39, 0.29) is 17.2 Å². The van der Waals surface area contributed by atoms with Gasteiger partial charge in [-0.3, -0.25) is 0 Å². The lowest BCUT2D eigenvalue weighted by Crippen LogP contribution is -2.25. The van der Waals surface area contributed by atoms with Crippen molar-refractivity contribution in [2.75, 3.05) is 14.2 Å². The Balaban J connectivity index is 3.17. The van der Waals surface area contributed by atoms with E-state index in [2.05, 4.69) is 0 Å². The molecule has 0 fully saturated rings. The summed E-state index contributed by atoms with van der Waals surface area (Å²) in [7, 11) is 2.89. The van der Waals surface area contributed by atoms with Gasteiger partial charge in [0, 0.05) is 0 Å². The number of aliphatic hydroxyl groups is 1. The average Bonchev–Trinajstić information content (AvgIpc) is 2.37. The molecule has 5 heteroatoms. The second-order valence-electron chi connectivity index (χ2n) is 3.78. The van der Waals surface area contributed by atoms with Gasteiger partial charge in [-0.2, -0.15) is 0 Å². The zero-order valence-corrected chi connectivity index (χ0v) is 10.3. The average molecular weight is 241 g/mol. The van der Waals surface area contributed by atoms with Gasteiger partial charge in [-0.15, -0.1) is 0 Å². The Hall–Kier alpha value is -1.46. The van der Waals surface area contributed by atoms with E-state index in [4.69, 9.17) is 15.2 Å². The molecule has 17 heavy (non-hydrogen) atoms. The number of phenols is 1. The van der Waals surface area contributed by atoms with Crippen molar-refractivity contribution in [2.45, 2.75) is 25.5 Å². The zero-order chi connectivity index (χ0) is 13.0. The molecule has 4 N–H and O–H groups in total. The maximum atomic E-state index is 9.74. The van der Waals surface area contributed by atoms with Crippen molar-refractivity contribution in [3.8, 4) is 17.2 Å². The Labute approximate surface area is 101 Å². The van der Waals surface area contributed by atoms with Crippen LogP contribution in [0.4, 0.5) is 0 Å². The number of phenolic OH excluding ortho intramolecular Hbond substituents is 1. The van der Waals surface area contributed by atoms with Gasteiger partial charge in [-0.1, -0.05) is 6.92 Å². The fourth-order valence-corrected chi connectivity index (χ4v) is 1.58. The third-order valence-electron chi connectivity index (χ3n) is 2.72. The molecular weight excluding hydrogens is 222 g/mol. The highest BCUT2D eigenvalue weighted by Gasteiger charge is 2.19. The summed E-state index contributed by atoms with van der Waals surface area (Å²) in [5.74, 6) is 0.480. The third-order valence-corrected chi connectivity index (χ3v) is 2.72. The third kappa shape index (κ3) is 2.81. The van der Waals surface area contributed by atoms with Crippen LogP contribution in [0.2, 0.25) is 0 Å². The van der Waals surface area contributed by atoms with Crippen LogP contribution < -0.4 is 15.2 Å². The van der Waals surface area contributed by atoms with E-state index in [9.17, 15) is 10.2 Å². The van der Waals surface area contributed by atoms with Crippen molar-refractivity contribution in [3.63, 3.8) is 0 Å². The van der Waals surface area contributed by atoms with Crippen LogP contribution >= 0.6 is 0 Å².